The Balaban J connectivity index is 0.000000146. The van der Waals surface area contributed by atoms with Gasteiger partial charge in [-0.05, 0) is 112 Å². The van der Waals surface area contributed by atoms with Gasteiger partial charge in [0.1, 0.15) is 23.0 Å². The summed E-state index contributed by atoms with van der Waals surface area (Å²) < 4.78 is 14.0. The van der Waals surface area contributed by atoms with Gasteiger partial charge in [-0.25, -0.2) is 0 Å². The Morgan fingerprint density at radius 3 is 1.12 bits per heavy atom. The predicted molar refractivity (Wildman–Crippen MR) is 262 cm³/mol. The topological polar surface area (TPSA) is 171 Å². The number of carbonyl (C=O) groups excluding carboxylic acids is 4. The molecule has 4 atom stereocenters. The van der Waals surface area contributed by atoms with E-state index in [-0.39, 0.29) is 57.1 Å². The molecule has 3 fully saturated rings. The highest BCUT2D eigenvalue weighted by Crippen LogP contribution is 2.47. The molecule has 14 nitrogen and oxygen atoms in total. The first kappa shape index (κ1) is 47.7. The molecule has 3 aliphatic rings. The number of hydrogen-bond donors (Lipinski definition) is 0. The lowest BCUT2D eigenvalue weighted by molar-refractivity contribution is -0.139. The summed E-state index contributed by atoms with van der Waals surface area (Å²) in [6, 6.07) is 35.6. The second-order valence-corrected chi connectivity index (χ2v) is 18.5. The Bertz CT molecular complexity index is 3130. The molecule has 7 aromatic rings. The van der Waals surface area contributed by atoms with Crippen molar-refractivity contribution >= 4 is 45.2 Å². The van der Waals surface area contributed by atoms with E-state index in [1.54, 1.807) is 13.8 Å². The summed E-state index contributed by atoms with van der Waals surface area (Å²) in [4.78, 5) is 98.3. The number of carbonyl (C=O) groups is 4. The largest absolute Gasteiger partial charge is 0.457 e. The van der Waals surface area contributed by atoms with Crippen molar-refractivity contribution in [2.24, 2.45) is 30.7 Å². The second-order valence-electron chi connectivity index (χ2n) is 18.5. The highest BCUT2D eigenvalue weighted by atomic mass is 16.5. The van der Waals surface area contributed by atoms with E-state index in [9.17, 15) is 38.4 Å². The van der Waals surface area contributed by atoms with Gasteiger partial charge in [-0.2, -0.15) is 0 Å². The third kappa shape index (κ3) is 8.82. The van der Waals surface area contributed by atoms with Gasteiger partial charge in [0.15, 0.2) is 0 Å². The van der Waals surface area contributed by atoms with Crippen LogP contribution in [0, 0.1) is 37.5 Å². The smallest absolute Gasteiger partial charge is 0.261 e. The quantitative estimate of drug-likeness (QED) is 0.141. The van der Waals surface area contributed by atoms with Crippen molar-refractivity contribution < 1.29 is 28.7 Å². The van der Waals surface area contributed by atoms with Gasteiger partial charge in [0.2, 0.25) is 23.6 Å². The summed E-state index contributed by atoms with van der Waals surface area (Å²) in [5.74, 6) is 0.983. The second kappa shape index (κ2) is 18.7. The van der Waals surface area contributed by atoms with Gasteiger partial charge in [-0.15, -0.1) is 0 Å². The summed E-state index contributed by atoms with van der Waals surface area (Å²) in [5.41, 5.74) is 3.05. The molecule has 0 N–H and O–H groups in total. The molecule has 1 saturated carbocycles. The SMILES string of the molecule is CCN1C(=O)C2CC3C(=O)N(C)C(=O)C3CC2C1=O.CCn1c(=O)c2cc3c(=O)n(C)c(=O)c3cc2c1=O.Cc1ccc(Oc2ccc(C(C)(C)c3ccc(Oc4ccc(C)cc4)cc3)cc2)cc1. The molecule has 5 aromatic carbocycles. The lowest BCUT2D eigenvalue weighted by Crippen LogP contribution is -2.35. The molecule has 0 bridgehead atoms. The normalized spacial score (nSPS) is 18.7. The first-order chi connectivity index (χ1) is 32.8. The zero-order valence-electron chi connectivity index (χ0n) is 39.9. The maximum atomic E-state index is 12.1. The molecule has 0 spiro atoms. The number of ether oxygens (including phenoxy) is 2. The average Bonchev–Trinajstić information content (AvgIpc) is 3.91. The van der Waals surface area contributed by atoms with Crippen LogP contribution in [0.15, 0.2) is 128 Å². The van der Waals surface area contributed by atoms with Crippen molar-refractivity contribution in [1.29, 1.82) is 0 Å². The maximum Gasteiger partial charge on any atom is 0.261 e. The maximum absolute atomic E-state index is 12.1. The van der Waals surface area contributed by atoms with Gasteiger partial charge in [0, 0.05) is 32.6 Å². The highest BCUT2D eigenvalue weighted by molar-refractivity contribution is 6.09. The fourth-order valence-corrected chi connectivity index (χ4v) is 9.68. The van der Waals surface area contributed by atoms with E-state index >= 15 is 0 Å². The lowest BCUT2D eigenvalue weighted by Gasteiger charge is -2.28. The van der Waals surface area contributed by atoms with E-state index in [1.807, 2.05) is 48.5 Å². The zero-order valence-corrected chi connectivity index (χ0v) is 39.9. The van der Waals surface area contributed by atoms with E-state index in [0.29, 0.717) is 19.4 Å². The Hall–Kier alpha value is -7.74. The molecule has 4 unspecified atom stereocenters. The van der Waals surface area contributed by atoms with Gasteiger partial charge in [0.05, 0.1) is 45.2 Å². The van der Waals surface area contributed by atoms with Gasteiger partial charge >= 0.3 is 0 Å². The van der Waals surface area contributed by atoms with Crippen molar-refractivity contribution in [2.45, 2.75) is 66.3 Å². The minimum atomic E-state index is -0.446. The van der Waals surface area contributed by atoms with Gasteiger partial charge < -0.3 is 9.47 Å². The van der Waals surface area contributed by atoms with E-state index in [2.05, 4.69) is 76.2 Å². The number of hydrogen-bond acceptors (Lipinski definition) is 10. The number of amides is 4. The van der Waals surface area contributed by atoms with Crippen LogP contribution in [-0.2, 0) is 38.2 Å². The Morgan fingerprint density at radius 1 is 0.464 bits per heavy atom. The summed E-state index contributed by atoms with van der Waals surface area (Å²) in [5, 5.41) is 0.764. The predicted octanol–water partition coefficient (Wildman–Crippen LogP) is 7.32. The van der Waals surface area contributed by atoms with Crippen molar-refractivity contribution in [2.75, 3.05) is 13.6 Å². The van der Waals surface area contributed by atoms with Crippen LogP contribution < -0.4 is 31.7 Å². The lowest BCUT2D eigenvalue weighted by atomic mass is 9.70. The number of aromatic nitrogens is 2. The monoisotopic (exact) mass is 930 g/mol. The summed E-state index contributed by atoms with van der Waals surface area (Å²) in [6.45, 7) is 12.7. The van der Waals surface area contributed by atoms with Gasteiger partial charge in [0.25, 0.3) is 22.2 Å². The van der Waals surface area contributed by atoms with Crippen LogP contribution in [0.5, 0.6) is 23.0 Å². The number of rotatable bonds is 8. The van der Waals surface area contributed by atoms with Crippen molar-refractivity contribution in [3.05, 3.63) is 173 Å². The van der Waals surface area contributed by atoms with Crippen molar-refractivity contribution in [3.8, 4) is 23.0 Å². The molecule has 354 valence electrons. The highest BCUT2D eigenvalue weighted by Gasteiger charge is 2.58. The van der Waals surface area contributed by atoms with Gasteiger partial charge in [-0.3, -0.25) is 57.3 Å². The third-order valence-corrected chi connectivity index (χ3v) is 13.9. The molecule has 69 heavy (non-hydrogen) atoms. The van der Waals surface area contributed by atoms with Crippen LogP contribution in [0.1, 0.15) is 62.8 Å². The molecule has 2 aliphatic heterocycles. The molecule has 4 amide bonds. The first-order valence-electron chi connectivity index (χ1n) is 23.1. The molecule has 10 rings (SSSR count). The number of likely N-dealkylation sites (tertiary alicyclic amines) is 2. The molecule has 2 saturated heterocycles. The van der Waals surface area contributed by atoms with Crippen LogP contribution in [0.25, 0.3) is 21.5 Å². The number of fused-ring (bicyclic) bond motifs is 4. The van der Waals surface area contributed by atoms with Crippen LogP contribution in [0.4, 0.5) is 0 Å². The minimum absolute atomic E-state index is 0.134. The summed E-state index contributed by atoms with van der Waals surface area (Å²) in [6.07, 6.45) is 0.677. The van der Waals surface area contributed by atoms with Crippen LogP contribution >= 0.6 is 0 Å². The third-order valence-electron chi connectivity index (χ3n) is 13.9. The molecular formula is C55H54N4O10. The summed E-state index contributed by atoms with van der Waals surface area (Å²) >= 11 is 0. The van der Waals surface area contributed by atoms with E-state index in [4.69, 9.17) is 9.47 Å². The number of imide groups is 2. The summed E-state index contributed by atoms with van der Waals surface area (Å²) in [7, 11) is 2.85. The van der Waals surface area contributed by atoms with Gasteiger partial charge in [-0.1, -0.05) is 73.5 Å². The number of nitrogens with zero attached hydrogens (tertiary/aromatic N) is 4. The van der Waals surface area contributed by atoms with E-state index < -0.39 is 45.9 Å². The molecular weight excluding hydrogens is 877 g/mol. The molecule has 14 heteroatoms. The standard InChI is InChI=1S/C29H28O2.C13H16N2O4.C13H10N2O4/c1-21-5-13-25(14-6-21)30-27-17-9-23(10-18-27)29(3,4)24-11-19-28(20-12-24)31-26-15-7-22(2)8-16-26;2*1-3-15-12(18)8-4-6-7(5-9(8)13(15)19)11(17)14(2)10(6)16/h5-20H,1-4H3;6-9H,3-5H2,1-2H3;4-5H,3H2,1-2H3. The molecule has 4 heterocycles. The Labute approximate surface area is 398 Å². The average molecular weight is 931 g/mol. The Kier molecular flexibility index (Phi) is 13.0. The van der Waals surface area contributed by atoms with Crippen molar-refractivity contribution in [1.82, 2.24) is 18.9 Å². The van der Waals surface area contributed by atoms with Crippen LogP contribution in [0.3, 0.4) is 0 Å². The first-order valence-corrected chi connectivity index (χ1v) is 23.1. The van der Waals surface area contributed by atoms with E-state index in [1.165, 1.54) is 53.4 Å². The van der Waals surface area contributed by atoms with Crippen LogP contribution in [-0.4, -0.2) is 56.2 Å². The number of aryl methyl sites for hydroxylation is 2. The van der Waals surface area contributed by atoms with E-state index in [0.717, 1.165) is 37.0 Å². The minimum Gasteiger partial charge on any atom is -0.457 e. The molecule has 1 aliphatic carbocycles. The fraction of sp³-hybridized carbons (Fsp3) is 0.309. The number of benzene rings is 5. The van der Waals surface area contributed by atoms with Crippen LogP contribution in [0.2, 0.25) is 0 Å². The molecule has 2 aromatic heterocycles. The zero-order chi connectivity index (χ0) is 49.6. The Morgan fingerprint density at radius 2 is 0.783 bits per heavy atom. The fourth-order valence-electron chi connectivity index (χ4n) is 9.68. The van der Waals surface area contributed by atoms with Crippen molar-refractivity contribution in [3.63, 3.8) is 0 Å². The molecule has 0 radical (unpaired) electrons.